The summed E-state index contributed by atoms with van der Waals surface area (Å²) in [6, 6.07) is 17.7. The summed E-state index contributed by atoms with van der Waals surface area (Å²) < 4.78 is 35.7. The molecule has 6 nitrogen and oxygen atoms in total. The lowest BCUT2D eigenvalue weighted by molar-refractivity contribution is 0.204. The van der Waals surface area contributed by atoms with Gasteiger partial charge in [0, 0.05) is 27.7 Å². The molecular formula is C29H34Cl2N2O4S. The summed E-state index contributed by atoms with van der Waals surface area (Å²) in [6.07, 6.45) is 4.69. The van der Waals surface area contributed by atoms with Gasteiger partial charge in [0.2, 0.25) is 0 Å². The van der Waals surface area contributed by atoms with E-state index >= 15 is 0 Å². The Morgan fingerprint density at radius 1 is 0.974 bits per heavy atom. The molecule has 1 fully saturated rings. The van der Waals surface area contributed by atoms with Gasteiger partial charge in [0.1, 0.15) is 5.75 Å². The number of ether oxygens (including phenoxy) is 1. The quantitative estimate of drug-likeness (QED) is 0.257. The first-order chi connectivity index (χ1) is 18.3. The van der Waals surface area contributed by atoms with Gasteiger partial charge in [-0.25, -0.2) is 8.42 Å². The Hall–Kier alpha value is -2.29. The number of hydrogen-bond acceptors (Lipinski definition) is 5. The maximum atomic E-state index is 14.1. The number of para-hydroxylation sites is 1. The van der Waals surface area contributed by atoms with Crippen LogP contribution in [0.4, 0.5) is 5.69 Å². The number of hydrogen-bond donors (Lipinski definition) is 1. The van der Waals surface area contributed by atoms with Gasteiger partial charge in [-0.3, -0.25) is 4.31 Å². The molecule has 4 rings (SSSR count). The van der Waals surface area contributed by atoms with E-state index in [1.807, 2.05) is 31.2 Å². The number of aliphatic hydroxyl groups excluding tert-OH is 1. The van der Waals surface area contributed by atoms with E-state index in [0.717, 1.165) is 26.1 Å². The van der Waals surface area contributed by atoms with Crippen molar-refractivity contribution in [2.24, 2.45) is 0 Å². The van der Waals surface area contributed by atoms with Gasteiger partial charge in [-0.15, -0.1) is 0 Å². The minimum Gasteiger partial charge on any atom is -0.493 e. The predicted molar refractivity (Wildman–Crippen MR) is 154 cm³/mol. The minimum absolute atomic E-state index is 0.0811. The third-order valence-corrected chi connectivity index (χ3v) is 9.26. The molecule has 1 aliphatic heterocycles. The first-order valence-electron chi connectivity index (χ1n) is 12.9. The molecule has 0 saturated carbocycles. The molecule has 204 valence electrons. The van der Waals surface area contributed by atoms with E-state index in [2.05, 4.69) is 4.90 Å². The Labute approximate surface area is 235 Å². The Morgan fingerprint density at radius 3 is 2.37 bits per heavy atom. The molecular weight excluding hydrogens is 543 g/mol. The van der Waals surface area contributed by atoms with Crippen LogP contribution in [0.5, 0.6) is 5.75 Å². The fourth-order valence-electron chi connectivity index (χ4n) is 4.88. The second-order valence-electron chi connectivity index (χ2n) is 9.50. The Bertz CT molecular complexity index is 1310. The number of piperidine rings is 1. The smallest absolute Gasteiger partial charge is 0.264 e. The molecule has 3 aromatic carbocycles. The number of rotatable bonds is 11. The SMILES string of the molecule is C[C@H](c1ccccc1OCCCN1CCCCC1)N(c1cc(Cl)ccc1CO)S(=O)(=O)c1ccc(Cl)cc1. The predicted octanol–water partition coefficient (Wildman–Crippen LogP) is 6.70. The molecule has 1 saturated heterocycles. The number of halogens is 2. The van der Waals surface area contributed by atoms with E-state index in [1.165, 1.54) is 35.7 Å². The lowest BCUT2D eigenvalue weighted by Crippen LogP contribution is -2.35. The number of anilines is 1. The molecule has 0 aromatic heterocycles. The Morgan fingerprint density at radius 2 is 1.66 bits per heavy atom. The number of likely N-dealkylation sites (tertiary alicyclic amines) is 1. The highest BCUT2D eigenvalue weighted by atomic mass is 35.5. The average molecular weight is 578 g/mol. The van der Waals surface area contributed by atoms with Crippen molar-refractivity contribution in [3.8, 4) is 5.75 Å². The number of aliphatic hydroxyl groups is 1. The van der Waals surface area contributed by atoms with Crippen LogP contribution < -0.4 is 9.04 Å². The molecule has 3 aromatic rings. The third-order valence-electron chi connectivity index (χ3n) is 6.87. The van der Waals surface area contributed by atoms with Crippen LogP contribution in [0.25, 0.3) is 0 Å². The van der Waals surface area contributed by atoms with Gasteiger partial charge >= 0.3 is 0 Å². The Kier molecular flexibility index (Phi) is 9.96. The second kappa shape index (κ2) is 13.2. The monoisotopic (exact) mass is 576 g/mol. The van der Waals surface area contributed by atoms with E-state index in [0.29, 0.717) is 39.2 Å². The second-order valence-corrected chi connectivity index (χ2v) is 12.2. The maximum absolute atomic E-state index is 14.1. The van der Waals surface area contributed by atoms with E-state index in [-0.39, 0.29) is 11.5 Å². The molecule has 1 atom stereocenters. The molecule has 1 N–H and O–H groups in total. The zero-order valence-electron chi connectivity index (χ0n) is 21.5. The highest BCUT2D eigenvalue weighted by molar-refractivity contribution is 7.92. The van der Waals surface area contributed by atoms with Crippen LogP contribution >= 0.6 is 23.2 Å². The van der Waals surface area contributed by atoms with Crippen molar-refractivity contribution in [2.45, 2.75) is 50.2 Å². The van der Waals surface area contributed by atoms with Gasteiger partial charge < -0.3 is 14.7 Å². The Balaban J connectivity index is 1.67. The number of sulfonamides is 1. The largest absolute Gasteiger partial charge is 0.493 e. The molecule has 1 heterocycles. The van der Waals surface area contributed by atoms with Gasteiger partial charge in [0.25, 0.3) is 10.0 Å². The van der Waals surface area contributed by atoms with Crippen molar-refractivity contribution in [3.63, 3.8) is 0 Å². The average Bonchev–Trinajstić information content (AvgIpc) is 2.92. The normalized spacial score (nSPS) is 15.3. The summed E-state index contributed by atoms with van der Waals surface area (Å²) in [6.45, 7) is 5.25. The highest BCUT2D eigenvalue weighted by Crippen LogP contribution is 2.39. The lowest BCUT2D eigenvalue weighted by Gasteiger charge is -2.33. The summed E-state index contributed by atoms with van der Waals surface area (Å²) in [5.41, 5.74) is 1.47. The van der Waals surface area contributed by atoms with Gasteiger partial charge in [-0.1, -0.05) is 53.9 Å². The summed E-state index contributed by atoms with van der Waals surface area (Å²) in [7, 11) is -4.08. The van der Waals surface area contributed by atoms with E-state index in [1.54, 1.807) is 30.3 Å². The van der Waals surface area contributed by atoms with Crippen molar-refractivity contribution in [2.75, 3.05) is 30.5 Å². The summed E-state index contributed by atoms with van der Waals surface area (Å²) in [5, 5.41) is 10.9. The lowest BCUT2D eigenvalue weighted by atomic mass is 10.1. The topological polar surface area (TPSA) is 70.1 Å². The number of nitrogens with zero attached hydrogens (tertiary/aromatic N) is 2. The first kappa shape index (κ1) is 28.7. The zero-order chi connectivity index (χ0) is 27.1. The fraction of sp³-hybridized carbons (Fsp3) is 0.379. The molecule has 0 amide bonds. The fourth-order valence-corrected chi connectivity index (χ4v) is 6.84. The van der Waals surface area contributed by atoms with Crippen LogP contribution in [0.1, 0.15) is 49.8 Å². The molecule has 0 bridgehead atoms. The summed E-state index contributed by atoms with van der Waals surface area (Å²) in [4.78, 5) is 2.55. The highest BCUT2D eigenvalue weighted by Gasteiger charge is 2.33. The molecule has 1 aliphatic rings. The maximum Gasteiger partial charge on any atom is 0.264 e. The molecule has 0 spiro atoms. The van der Waals surface area contributed by atoms with Gasteiger partial charge in [-0.2, -0.15) is 0 Å². The minimum atomic E-state index is -4.08. The van der Waals surface area contributed by atoms with Crippen LogP contribution in [0.15, 0.2) is 71.6 Å². The van der Waals surface area contributed by atoms with Crippen molar-refractivity contribution in [1.29, 1.82) is 0 Å². The molecule has 9 heteroatoms. The van der Waals surface area contributed by atoms with E-state index in [9.17, 15) is 13.5 Å². The summed E-state index contributed by atoms with van der Waals surface area (Å²) in [5.74, 6) is 0.627. The van der Waals surface area contributed by atoms with E-state index in [4.69, 9.17) is 27.9 Å². The van der Waals surface area contributed by atoms with Crippen LogP contribution in [-0.4, -0.2) is 44.7 Å². The molecule has 0 aliphatic carbocycles. The van der Waals surface area contributed by atoms with Crippen molar-refractivity contribution >= 4 is 38.9 Å². The number of benzene rings is 3. The zero-order valence-corrected chi connectivity index (χ0v) is 23.9. The van der Waals surface area contributed by atoms with Crippen molar-refractivity contribution < 1.29 is 18.3 Å². The van der Waals surface area contributed by atoms with E-state index < -0.39 is 16.1 Å². The van der Waals surface area contributed by atoms with Gasteiger partial charge in [-0.05, 0) is 81.7 Å². The molecule has 0 unspecified atom stereocenters. The standard InChI is InChI=1S/C29H34Cl2N2O4S/c1-22(27-8-3-4-9-29(27)37-19-7-18-32-16-5-2-6-17-32)33(28-20-25(31)11-10-23(28)21-34)38(35,36)26-14-12-24(30)13-15-26/h3-4,8-15,20,22,34H,2,5-7,16-19,21H2,1H3/t22-/m1/s1. The van der Waals surface area contributed by atoms with Gasteiger partial charge in [0.15, 0.2) is 0 Å². The molecule has 0 radical (unpaired) electrons. The van der Waals surface area contributed by atoms with Crippen LogP contribution in [0, 0.1) is 0 Å². The van der Waals surface area contributed by atoms with Crippen LogP contribution in [0.2, 0.25) is 10.0 Å². The van der Waals surface area contributed by atoms with Crippen molar-refractivity contribution in [1.82, 2.24) is 4.90 Å². The van der Waals surface area contributed by atoms with Crippen LogP contribution in [0.3, 0.4) is 0 Å². The molecule has 38 heavy (non-hydrogen) atoms. The first-order valence-corrected chi connectivity index (χ1v) is 15.1. The van der Waals surface area contributed by atoms with Crippen molar-refractivity contribution in [3.05, 3.63) is 87.9 Å². The summed E-state index contributed by atoms with van der Waals surface area (Å²) >= 11 is 12.4. The van der Waals surface area contributed by atoms with Gasteiger partial charge in [0.05, 0.1) is 29.8 Å². The third kappa shape index (κ3) is 6.82. The van der Waals surface area contributed by atoms with Crippen LogP contribution in [-0.2, 0) is 16.6 Å².